The molecule has 0 aromatic carbocycles. The van der Waals surface area contributed by atoms with E-state index in [1.165, 1.54) is 0 Å². The van der Waals surface area contributed by atoms with Crippen LogP contribution >= 0.6 is 0 Å². The summed E-state index contributed by atoms with van der Waals surface area (Å²) in [4.78, 5) is 10.9. The quantitative estimate of drug-likeness (QED) is 0.635. The van der Waals surface area contributed by atoms with Gasteiger partial charge in [0.05, 0.1) is 6.10 Å². The van der Waals surface area contributed by atoms with Crippen molar-refractivity contribution in [1.29, 1.82) is 0 Å². The fourth-order valence-corrected chi connectivity index (χ4v) is 0.805. The van der Waals surface area contributed by atoms with E-state index in [9.17, 15) is 4.79 Å². The van der Waals surface area contributed by atoms with E-state index in [1.54, 1.807) is 6.92 Å². The Morgan fingerprint density at radius 2 is 2.20 bits per heavy atom. The third-order valence-corrected chi connectivity index (χ3v) is 1.33. The monoisotopic (exact) mass is 144 g/mol. The zero-order chi connectivity index (χ0) is 7.98. The Bertz CT molecular complexity index is 97.4. The number of unbranched alkanes of at least 4 members (excludes halogenated alkanes) is 1. The number of carbonyl (C=O) groups excluding carboxylic acids is 1. The third-order valence-electron chi connectivity index (χ3n) is 1.33. The zero-order valence-electron chi connectivity index (χ0n) is 6.76. The van der Waals surface area contributed by atoms with Crippen molar-refractivity contribution in [3.63, 3.8) is 0 Å². The number of hydrogen-bond acceptors (Lipinski definition) is 2. The average molecular weight is 144 g/mol. The summed E-state index contributed by atoms with van der Waals surface area (Å²) in [5.74, 6) is 0.178. The Hall–Kier alpha value is -0.370. The Balaban J connectivity index is 3.26. The van der Waals surface area contributed by atoms with Gasteiger partial charge in [0.2, 0.25) is 0 Å². The third kappa shape index (κ3) is 5.76. The van der Waals surface area contributed by atoms with Gasteiger partial charge in [-0.05, 0) is 13.3 Å². The summed E-state index contributed by atoms with van der Waals surface area (Å²) in [6.45, 7) is 3.69. The Morgan fingerprint density at radius 1 is 1.60 bits per heavy atom. The van der Waals surface area contributed by atoms with Gasteiger partial charge in [-0.2, -0.15) is 0 Å². The minimum Gasteiger partial charge on any atom is -0.393 e. The smallest absolute Gasteiger partial charge is 0.135 e. The maximum atomic E-state index is 10.9. The maximum absolute atomic E-state index is 10.9. The van der Waals surface area contributed by atoms with Crippen molar-refractivity contribution in [3.05, 3.63) is 0 Å². The molecule has 2 nitrogen and oxygen atoms in total. The second-order valence-electron chi connectivity index (χ2n) is 2.70. The lowest BCUT2D eigenvalue weighted by atomic mass is 10.1. The standard InChI is InChI=1S/C8H16O2/c1-3-4-5-8(10)6-7(2)9/h7,9H,3-6H2,1-2H3. The fraction of sp³-hybridized carbons (Fsp3) is 0.875. The van der Waals surface area contributed by atoms with E-state index < -0.39 is 6.10 Å². The molecule has 0 spiro atoms. The molecule has 10 heavy (non-hydrogen) atoms. The topological polar surface area (TPSA) is 37.3 Å². The van der Waals surface area contributed by atoms with Gasteiger partial charge in [-0.1, -0.05) is 13.3 Å². The van der Waals surface area contributed by atoms with Crippen LogP contribution in [0.25, 0.3) is 0 Å². The average Bonchev–Trinajstić information content (AvgIpc) is 1.82. The van der Waals surface area contributed by atoms with E-state index >= 15 is 0 Å². The predicted octanol–water partition coefficient (Wildman–Crippen LogP) is 1.52. The lowest BCUT2D eigenvalue weighted by Crippen LogP contribution is -2.08. The van der Waals surface area contributed by atoms with Crippen LogP contribution in [-0.2, 0) is 4.79 Å². The molecule has 0 aromatic heterocycles. The van der Waals surface area contributed by atoms with Gasteiger partial charge in [0.1, 0.15) is 5.78 Å². The molecule has 0 aliphatic heterocycles. The van der Waals surface area contributed by atoms with Gasteiger partial charge < -0.3 is 5.11 Å². The van der Waals surface area contributed by atoms with Crippen LogP contribution in [0.2, 0.25) is 0 Å². The van der Waals surface area contributed by atoms with Crippen LogP contribution in [0.3, 0.4) is 0 Å². The summed E-state index contributed by atoms with van der Waals surface area (Å²) >= 11 is 0. The van der Waals surface area contributed by atoms with Crippen LogP contribution in [0, 0.1) is 0 Å². The highest BCUT2D eigenvalue weighted by molar-refractivity contribution is 5.78. The maximum Gasteiger partial charge on any atom is 0.135 e. The number of carbonyl (C=O) groups is 1. The van der Waals surface area contributed by atoms with E-state index in [4.69, 9.17) is 5.11 Å². The number of rotatable bonds is 5. The van der Waals surface area contributed by atoms with Crippen molar-refractivity contribution in [3.8, 4) is 0 Å². The molecule has 1 unspecified atom stereocenters. The Morgan fingerprint density at radius 3 is 2.60 bits per heavy atom. The Kier molecular flexibility index (Phi) is 5.22. The molecular weight excluding hydrogens is 128 g/mol. The molecule has 60 valence electrons. The summed E-state index contributed by atoms with van der Waals surface area (Å²) in [6.07, 6.45) is 2.47. The Labute approximate surface area is 62.2 Å². The lowest BCUT2D eigenvalue weighted by Gasteiger charge is -2.01. The molecule has 0 aromatic rings. The van der Waals surface area contributed by atoms with Crippen molar-refractivity contribution in [1.82, 2.24) is 0 Å². The van der Waals surface area contributed by atoms with Gasteiger partial charge in [0.15, 0.2) is 0 Å². The summed E-state index contributed by atoms with van der Waals surface area (Å²) in [5, 5.41) is 8.80. The molecule has 0 saturated heterocycles. The molecule has 0 saturated carbocycles. The molecule has 0 aliphatic carbocycles. The van der Waals surface area contributed by atoms with E-state index in [0.29, 0.717) is 12.8 Å². The number of ketones is 1. The first-order valence-electron chi connectivity index (χ1n) is 3.86. The molecule has 1 N–H and O–H groups in total. The second kappa shape index (κ2) is 5.42. The van der Waals surface area contributed by atoms with Crippen LogP contribution in [0.4, 0.5) is 0 Å². The summed E-state index contributed by atoms with van der Waals surface area (Å²) in [7, 11) is 0. The molecule has 2 heteroatoms. The minimum absolute atomic E-state index is 0.178. The number of aliphatic hydroxyl groups is 1. The molecule has 0 amide bonds. The van der Waals surface area contributed by atoms with Crippen LogP contribution < -0.4 is 0 Å². The van der Waals surface area contributed by atoms with Crippen molar-refractivity contribution >= 4 is 5.78 Å². The van der Waals surface area contributed by atoms with Crippen LogP contribution in [0.1, 0.15) is 39.5 Å². The van der Waals surface area contributed by atoms with Gasteiger partial charge in [-0.25, -0.2) is 0 Å². The zero-order valence-corrected chi connectivity index (χ0v) is 6.76. The highest BCUT2D eigenvalue weighted by Gasteiger charge is 2.04. The van der Waals surface area contributed by atoms with Crippen molar-refractivity contribution in [2.45, 2.75) is 45.6 Å². The number of hydrogen-bond donors (Lipinski definition) is 1. The minimum atomic E-state index is -0.468. The second-order valence-corrected chi connectivity index (χ2v) is 2.70. The van der Waals surface area contributed by atoms with Crippen molar-refractivity contribution < 1.29 is 9.90 Å². The van der Waals surface area contributed by atoms with Gasteiger partial charge in [-0.15, -0.1) is 0 Å². The predicted molar refractivity (Wildman–Crippen MR) is 40.8 cm³/mol. The highest BCUT2D eigenvalue weighted by atomic mass is 16.3. The summed E-state index contributed by atoms with van der Waals surface area (Å²) in [6, 6.07) is 0. The van der Waals surface area contributed by atoms with E-state index in [2.05, 4.69) is 6.92 Å². The first-order valence-corrected chi connectivity index (χ1v) is 3.86. The van der Waals surface area contributed by atoms with E-state index in [1.807, 2.05) is 0 Å². The molecule has 0 rings (SSSR count). The summed E-state index contributed by atoms with van der Waals surface area (Å²) in [5.41, 5.74) is 0. The van der Waals surface area contributed by atoms with Gasteiger partial charge >= 0.3 is 0 Å². The fourth-order valence-electron chi connectivity index (χ4n) is 0.805. The molecule has 0 heterocycles. The molecule has 1 atom stereocenters. The first-order chi connectivity index (χ1) is 4.66. The van der Waals surface area contributed by atoms with Gasteiger partial charge in [-0.3, -0.25) is 4.79 Å². The van der Waals surface area contributed by atoms with E-state index in [-0.39, 0.29) is 5.78 Å². The normalized spacial score (nSPS) is 13.1. The highest BCUT2D eigenvalue weighted by Crippen LogP contribution is 2.00. The van der Waals surface area contributed by atoms with E-state index in [0.717, 1.165) is 12.8 Å². The molecule has 0 aliphatic rings. The van der Waals surface area contributed by atoms with Gasteiger partial charge in [0.25, 0.3) is 0 Å². The number of Topliss-reactive ketones (excluding diaryl/α,β-unsaturated/α-hetero) is 1. The molecule has 0 bridgehead atoms. The number of aliphatic hydroxyl groups excluding tert-OH is 1. The van der Waals surface area contributed by atoms with Crippen molar-refractivity contribution in [2.75, 3.05) is 0 Å². The first kappa shape index (κ1) is 9.63. The largest absolute Gasteiger partial charge is 0.393 e. The van der Waals surface area contributed by atoms with Gasteiger partial charge in [0, 0.05) is 12.8 Å². The molecular formula is C8H16O2. The van der Waals surface area contributed by atoms with Crippen molar-refractivity contribution in [2.24, 2.45) is 0 Å². The molecule has 0 fully saturated rings. The van der Waals surface area contributed by atoms with Crippen LogP contribution in [0.15, 0.2) is 0 Å². The molecule has 0 radical (unpaired) electrons. The lowest BCUT2D eigenvalue weighted by molar-refractivity contribution is -0.120. The SMILES string of the molecule is CCCCC(=O)CC(C)O. The van der Waals surface area contributed by atoms with Crippen LogP contribution in [0.5, 0.6) is 0 Å². The summed E-state index contributed by atoms with van der Waals surface area (Å²) < 4.78 is 0. The van der Waals surface area contributed by atoms with Crippen LogP contribution in [-0.4, -0.2) is 17.0 Å².